The Kier molecular flexibility index (Phi) is 24.9. The Hall–Kier alpha value is -4.17. The van der Waals surface area contributed by atoms with Crippen molar-refractivity contribution < 1.29 is 47.8 Å². The van der Waals surface area contributed by atoms with Crippen molar-refractivity contribution in [1.82, 2.24) is 15.7 Å². The highest BCUT2D eigenvalue weighted by Crippen LogP contribution is 2.11. The summed E-state index contributed by atoms with van der Waals surface area (Å²) in [5.74, 6) is -2.18. The molecule has 2 aromatic carbocycles. The van der Waals surface area contributed by atoms with Gasteiger partial charge in [-0.3, -0.25) is 19.2 Å². The Morgan fingerprint density at radius 1 is 0.623 bits per heavy atom. The fourth-order valence-electron chi connectivity index (χ4n) is 5.05. The zero-order valence-corrected chi connectivity index (χ0v) is 31.6. The molecule has 3 amide bonds. The molecule has 0 aromatic heterocycles. The Morgan fingerprint density at radius 3 is 1.85 bits per heavy atom. The van der Waals surface area contributed by atoms with Gasteiger partial charge in [0.25, 0.3) is 5.91 Å². The van der Waals surface area contributed by atoms with Crippen LogP contribution in [0.15, 0.2) is 54.6 Å². The summed E-state index contributed by atoms with van der Waals surface area (Å²) < 4.78 is 21.4. The first-order valence-electron chi connectivity index (χ1n) is 18.8. The number of rotatable bonds is 30. The molecule has 13 heteroatoms. The van der Waals surface area contributed by atoms with Gasteiger partial charge in [-0.05, 0) is 61.6 Å². The molecule has 2 N–H and O–H groups in total. The van der Waals surface area contributed by atoms with E-state index < -0.39 is 17.8 Å². The van der Waals surface area contributed by atoms with E-state index in [1.807, 2.05) is 44.2 Å². The van der Waals surface area contributed by atoms with Crippen LogP contribution in [0.3, 0.4) is 0 Å². The van der Waals surface area contributed by atoms with Crippen molar-refractivity contribution in [2.45, 2.75) is 78.1 Å². The maximum absolute atomic E-state index is 12.9. The van der Waals surface area contributed by atoms with Crippen LogP contribution >= 0.6 is 0 Å². The molecule has 13 nitrogen and oxygen atoms in total. The van der Waals surface area contributed by atoms with Gasteiger partial charge in [0.05, 0.1) is 39.4 Å². The van der Waals surface area contributed by atoms with Gasteiger partial charge in [-0.1, -0.05) is 68.4 Å². The summed E-state index contributed by atoms with van der Waals surface area (Å²) in [6.07, 6.45) is 6.10. The molecule has 0 aliphatic carbocycles. The Labute approximate surface area is 314 Å². The Bertz CT molecular complexity index is 1320. The highest BCUT2D eigenvalue weighted by molar-refractivity contribution is 5.87. The topological polar surface area (TPSA) is 159 Å². The summed E-state index contributed by atoms with van der Waals surface area (Å²) in [6, 6.07) is 18.2. The molecule has 0 heterocycles. The number of amides is 3. The number of aryl methyl sites for hydroxylation is 2. The highest BCUT2D eigenvalue weighted by atomic mass is 16.7. The number of nitrogens with one attached hydrogen (secondary N) is 2. The molecule has 0 saturated carbocycles. The SMILES string of the molecule is CCCOCCOCC(=O)NCCN(CC(=O)CCCC(=O)ONC(=O)Cc1ccc(CCCCc2ccccc2)cc1)C(=O)COCCOCCC. The largest absolute Gasteiger partial charge is 0.379 e. The molecule has 0 spiro atoms. The number of ketones is 1. The van der Waals surface area contributed by atoms with Crippen molar-refractivity contribution in [3.05, 3.63) is 71.3 Å². The third-order valence-corrected chi connectivity index (χ3v) is 7.85. The van der Waals surface area contributed by atoms with Gasteiger partial charge in [0.2, 0.25) is 11.8 Å². The second-order valence-corrected chi connectivity index (χ2v) is 12.6. The normalized spacial score (nSPS) is 10.8. The highest BCUT2D eigenvalue weighted by Gasteiger charge is 2.18. The second kappa shape index (κ2) is 29.3. The van der Waals surface area contributed by atoms with E-state index in [9.17, 15) is 24.0 Å². The van der Waals surface area contributed by atoms with Gasteiger partial charge < -0.3 is 34.0 Å². The molecule has 2 aromatic rings. The molecular weight excluding hydrogens is 682 g/mol. The van der Waals surface area contributed by atoms with E-state index in [4.69, 9.17) is 23.8 Å². The van der Waals surface area contributed by atoms with Crippen molar-refractivity contribution in [2.75, 3.05) is 72.5 Å². The summed E-state index contributed by atoms with van der Waals surface area (Å²) in [7, 11) is 0. The van der Waals surface area contributed by atoms with Crippen LogP contribution < -0.4 is 10.8 Å². The number of hydroxylamine groups is 1. The predicted octanol–water partition coefficient (Wildman–Crippen LogP) is 3.94. The molecule has 294 valence electrons. The number of carbonyl (C=O) groups is 5. The lowest BCUT2D eigenvalue weighted by Crippen LogP contribution is -2.43. The van der Waals surface area contributed by atoms with E-state index >= 15 is 0 Å². The van der Waals surface area contributed by atoms with Gasteiger partial charge in [0, 0.05) is 39.1 Å². The lowest BCUT2D eigenvalue weighted by atomic mass is 10.0. The van der Waals surface area contributed by atoms with Crippen LogP contribution in [0.4, 0.5) is 0 Å². The van der Waals surface area contributed by atoms with Crippen LogP contribution in [-0.4, -0.2) is 107 Å². The minimum atomic E-state index is -0.675. The van der Waals surface area contributed by atoms with Gasteiger partial charge >= 0.3 is 5.97 Å². The third-order valence-electron chi connectivity index (χ3n) is 7.85. The Balaban J connectivity index is 1.67. The lowest BCUT2D eigenvalue weighted by molar-refractivity contribution is -0.158. The second-order valence-electron chi connectivity index (χ2n) is 12.6. The fourth-order valence-corrected chi connectivity index (χ4v) is 5.05. The zero-order chi connectivity index (χ0) is 38.4. The van der Waals surface area contributed by atoms with Crippen LogP contribution in [0.1, 0.15) is 75.5 Å². The summed E-state index contributed by atoms with van der Waals surface area (Å²) in [4.78, 5) is 68.6. The summed E-state index contributed by atoms with van der Waals surface area (Å²) in [5.41, 5.74) is 5.52. The molecule has 2 rings (SSSR count). The summed E-state index contributed by atoms with van der Waals surface area (Å²) in [6.45, 7) is 6.05. The maximum atomic E-state index is 12.9. The number of carbonyl (C=O) groups excluding carboxylic acids is 5. The van der Waals surface area contributed by atoms with Crippen molar-refractivity contribution in [1.29, 1.82) is 0 Å². The van der Waals surface area contributed by atoms with Crippen LogP contribution in [0.5, 0.6) is 0 Å². The molecule has 0 fully saturated rings. The van der Waals surface area contributed by atoms with Gasteiger partial charge in [-0.25, -0.2) is 4.79 Å². The summed E-state index contributed by atoms with van der Waals surface area (Å²) in [5, 5.41) is 2.68. The van der Waals surface area contributed by atoms with E-state index in [2.05, 4.69) is 35.1 Å². The van der Waals surface area contributed by atoms with E-state index in [0.29, 0.717) is 26.4 Å². The number of hydrogen-bond acceptors (Lipinski definition) is 10. The van der Waals surface area contributed by atoms with Crippen molar-refractivity contribution in [2.24, 2.45) is 0 Å². The van der Waals surface area contributed by atoms with Crippen molar-refractivity contribution in [3.8, 4) is 0 Å². The molecule has 0 unspecified atom stereocenters. The lowest BCUT2D eigenvalue weighted by Gasteiger charge is -2.22. The van der Waals surface area contributed by atoms with Crippen LogP contribution in [0, 0.1) is 0 Å². The number of ether oxygens (including phenoxy) is 4. The number of nitrogens with zero attached hydrogens (tertiary/aromatic N) is 1. The molecular formula is C40H59N3O10. The molecule has 0 aliphatic heterocycles. The van der Waals surface area contributed by atoms with Crippen LogP contribution in [0.25, 0.3) is 0 Å². The number of benzene rings is 2. The average molecular weight is 742 g/mol. The molecule has 0 saturated heterocycles. The zero-order valence-electron chi connectivity index (χ0n) is 31.6. The molecule has 0 bridgehead atoms. The van der Waals surface area contributed by atoms with E-state index in [1.54, 1.807) is 0 Å². The summed E-state index contributed by atoms with van der Waals surface area (Å²) >= 11 is 0. The van der Waals surface area contributed by atoms with Crippen LogP contribution in [-0.2, 0) is 67.0 Å². The first kappa shape index (κ1) is 45.0. The fraction of sp³-hybridized carbons (Fsp3) is 0.575. The van der Waals surface area contributed by atoms with Crippen molar-refractivity contribution >= 4 is 29.5 Å². The van der Waals surface area contributed by atoms with E-state index in [0.717, 1.165) is 44.1 Å². The van der Waals surface area contributed by atoms with Crippen LogP contribution in [0.2, 0.25) is 0 Å². The first-order valence-corrected chi connectivity index (χ1v) is 18.8. The third kappa shape index (κ3) is 23.2. The maximum Gasteiger partial charge on any atom is 0.332 e. The minimum absolute atomic E-state index is 0.0114. The first-order chi connectivity index (χ1) is 25.8. The van der Waals surface area contributed by atoms with Gasteiger partial charge in [-0.15, -0.1) is 0 Å². The monoisotopic (exact) mass is 741 g/mol. The van der Waals surface area contributed by atoms with Crippen molar-refractivity contribution in [3.63, 3.8) is 0 Å². The number of unbranched alkanes of at least 4 members (excludes halogenated alkanes) is 1. The quantitative estimate of drug-likeness (QED) is 0.0888. The minimum Gasteiger partial charge on any atom is -0.379 e. The smallest absolute Gasteiger partial charge is 0.332 e. The molecule has 0 aliphatic rings. The van der Waals surface area contributed by atoms with E-state index in [1.165, 1.54) is 16.0 Å². The Morgan fingerprint density at radius 2 is 1.21 bits per heavy atom. The standard InChI is InChI=1S/C40H59N3O10/c1-3-23-49-25-27-51-31-38(46)41-21-22-43(39(47)32-52-28-26-50-24-4-2)30-36(44)15-10-16-40(48)53-42-37(45)29-35-19-17-34(18-20-35)14-9-8-13-33-11-6-5-7-12-33/h5-7,11-12,17-20H,3-4,8-10,13-16,21-32H2,1-2H3,(H,41,46)(H,42,45). The predicted molar refractivity (Wildman–Crippen MR) is 200 cm³/mol. The van der Waals surface area contributed by atoms with Gasteiger partial charge in [0.15, 0.2) is 5.78 Å². The molecule has 0 atom stereocenters. The van der Waals surface area contributed by atoms with Gasteiger partial charge in [-0.2, -0.15) is 5.48 Å². The van der Waals surface area contributed by atoms with E-state index in [-0.39, 0.29) is 83.4 Å². The average Bonchev–Trinajstić information content (AvgIpc) is 3.16. The van der Waals surface area contributed by atoms with Gasteiger partial charge in [0.1, 0.15) is 13.2 Å². The molecule has 0 radical (unpaired) electrons. The number of hydrogen-bond donors (Lipinski definition) is 2. The number of Topliss-reactive ketones (excluding diaryl/α,β-unsaturated/α-hetero) is 1. The molecule has 53 heavy (non-hydrogen) atoms.